The van der Waals surface area contributed by atoms with Crippen LogP contribution in [-0.2, 0) is 14.8 Å². The van der Waals surface area contributed by atoms with E-state index in [1.807, 2.05) is 0 Å². The molecular formula is C14H16N2O4S. The van der Waals surface area contributed by atoms with Crippen LogP contribution in [0.25, 0.3) is 0 Å². The number of aliphatic imine (C=N–C) groups is 1. The van der Waals surface area contributed by atoms with Crippen LogP contribution in [0.4, 0.5) is 0 Å². The number of carboxylic acids is 1. The first kappa shape index (κ1) is 14.1. The van der Waals surface area contributed by atoms with Gasteiger partial charge in [-0.3, -0.25) is 14.5 Å². The summed E-state index contributed by atoms with van der Waals surface area (Å²) in [4.78, 5) is 16.1. The first-order valence-electron chi connectivity index (χ1n) is 6.78. The minimum atomic E-state index is -3.58. The molecule has 2 aliphatic rings. The quantitative estimate of drug-likeness (QED) is 0.862. The number of amidine groups is 1. The largest absolute Gasteiger partial charge is 0.481 e. The second-order valence-corrected chi connectivity index (χ2v) is 7.36. The van der Waals surface area contributed by atoms with Crippen LogP contribution in [0, 0.1) is 5.41 Å². The molecule has 7 heteroatoms. The van der Waals surface area contributed by atoms with Crippen molar-refractivity contribution in [2.75, 3.05) is 0 Å². The minimum Gasteiger partial charge on any atom is -0.481 e. The molecule has 112 valence electrons. The van der Waals surface area contributed by atoms with E-state index >= 15 is 0 Å². The lowest BCUT2D eigenvalue weighted by atomic mass is 9.85. The highest BCUT2D eigenvalue weighted by Gasteiger charge is 2.46. The van der Waals surface area contributed by atoms with Crippen molar-refractivity contribution < 1.29 is 18.3 Å². The van der Waals surface area contributed by atoms with Gasteiger partial charge in [0.1, 0.15) is 5.84 Å². The van der Waals surface area contributed by atoms with Crippen molar-refractivity contribution in [3.63, 3.8) is 0 Å². The second-order valence-electron chi connectivity index (χ2n) is 5.71. The minimum absolute atomic E-state index is 0.193. The molecule has 0 saturated heterocycles. The van der Waals surface area contributed by atoms with E-state index in [1.54, 1.807) is 25.1 Å². The lowest BCUT2D eigenvalue weighted by molar-refractivity contribution is -0.148. The van der Waals surface area contributed by atoms with Gasteiger partial charge >= 0.3 is 5.97 Å². The first-order chi connectivity index (χ1) is 9.84. The van der Waals surface area contributed by atoms with Gasteiger partial charge in [-0.15, -0.1) is 0 Å². The van der Waals surface area contributed by atoms with Crippen molar-refractivity contribution in [1.82, 2.24) is 4.72 Å². The summed E-state index contributed by atoms with van der Waals surface area (Å²) in [6, 6.07) is 6.17. The summed E-state index contributed by atoms with van der Waals surface area (Å²) < 4.78 is 26.5. The molecule has 0 radical (unpaired) electrons. The number of carbonyl (C=O) groups is 1. The Bertz CT molecular complexity index is 741. The number of hydrogen-bond acceptors (Lipinski definition) is 4. The average molecular weight is 308 g/mol. The SMILES string of the molecule is CC1(C(=O)O)CCCC1N=C1NS(=O)(=O)c2ccccc21. The Hall–Kier alpha value is -1.89. The fourth-order valence-electron chi connectivity index (χ4n) is 2.99. The number of rotatable bonds is 2. The zero-order valence-electron chi connectivity index (χ0n) is 11.5. The highest BCUT2D eigenvalue weighted by Crippen LogP contribution is 2.41. The Labute approximate surface area is 123 Å². The number of nitrogens with zero attached hydrogens (tertiary/aromatic N) is 1. The summed E-state index contributed by atoms with van der Waals surface area (Å²) in [6.45, 7) is 1.67. The summed E-state index contributed by atoms with van der Waals surface area (Å²) in [5, 5.41) is 9.41. The Kier molecular flexibility index (Phi) is 3.05. The van der Waals surface area contributed by atoms with E-state index in [0.717, 1.165) is 6.42 Å². The number of carboxylic acid groups (broad SMARTS) is 1. The molecule has 2 atom stereocenters. The maximum atomic E-state index is 12.0. The Morgan fingerprint density at radius 2 is 2.14 bits per heavy atom. The molecule has 0 bridgehead atoms. The Morgan fingerprint density at radius 3 is 2.86 bits per heavy atom. The van der Waals surface area contributed by atoms with Crippen molar-refractivity contribution in [3.8, 4) is 0 Å². The van der Waals surface area contributed by atoms with Gasteiger partial charge in [0, 0.05) is 5.56 Å². The lowest BCUT2D eigenvalue weighted by Crippen LogP contribution is -2.36. The van der Waals surface area contributed by atoms with Crippen LogP contribution in [0.5, 0.6) is 0 Å². The third-order valence-corrected chi connectivity index (χ3v) is 5.74. The van der Waals surface area contributed by atoms with Gasteiger partial charge < -0.3 is 5.11 Å². The second kappa shape index (κ2) is 4.56. The molecule has 1 aliphatic heterocycles. The van der Waals surface area contributed by atoms with Gasteiger partial charge in [0.2, 0.25) is 0 Å². The highest BCUT2D eigenvalue weighted by atomic mass is 32.2. The summed E-state index contributed by atoms with van der Waals surface area (Å²) >= 11 is 0. The summed E-state index contributed by atoms with van der Waals surface area (Å²) in [7, 11) is -3.58. The maximum absolute atomic E-state index is 12.0. The highest BCUT2D eigenvalue weighted by molar-refractivity contribution is 7.90. The molecule has 0 spiro atoms. The molecule has 1 aliphatic carbocycles. The molecule has 0 aromatic heterocycles. The maximum Gasteiger partial charge on any atom is 0.311 e. The number of aliphatic carboxylic acids is 1. The molecular weight excluding hydrogens is 292 g/mol. The van der Waals surface area contributed by atoms with E-state index in [1.165, 1.54) is 6.07 Å². The van der Waals surface area contributed by atoms with Gasteiger partial charge in [-0.05, 0) is 31.9 Å². The van der Waals surface area contributed by atoms with Crippen LogP contribution in [-0.4, -0.2) is 31.4 Å². The third-order valence-electron chi connectivity index (χ3n) is 4.35. The van der Waals surface area contributed by atoms with E-state index in [0.29, 0.717) is 18.4 Å². The molecule has 1 heterocycles. The lowest BCUT2D eigenvalue weighted by Gasteiger charge is -2.24. The predicted octanol–water partition coefficient (Wildman–Crippen LogP) is 1.37. The fraction of sp³-hybridized carbons (Fsp3) is 0.429. The number of benzene rings is 1. The van der Waals surface area contributed by atoms with Crippen molar-refractivity contribution in [2.45, 2.75) is 37.1 Å². The zero-order valence-corrected chi connectivity index (χ0v) is 12.4. The monoisotopic (exact) mass is 308 g/mol. The van der Waals surface area contributed by atoms with E-state index in [9.17, 15) is 18.3 Å². The molecule has 6 nitrogen and oxygen atoms in total. The van der Waals surface area contributed by atoms with Crippen molar-refractivity contribution >= 4 is 21.8 Å². The Morgan fingerprint density at radius 1 is 1.43 bits per heavy atom. The van der Waals surface area contributed by atoms with Gasteiger partial charge in [-0.25, -0.2) is 8.42 Å². The normalized spacial score (nSPS) is 31.9. The van der Waals surface area contributed by atoms with Crippen LogP contribution in [0.1, 0.15) is 31.7 Å². The molecule has 2 unspecified atom stereocenters. The van der Waals surface area contributed by atoms with Crippen LogP contribution in [0.15, 0.2) is 34.2 Å². The average Bonchev–Trinajstić information content (AvgIpc) is 2.91. The van der Waals surface area contributed by atoms with Crippen LogP contribution in [0.3, 0.4) is 0 Å². The number of sulfonamides is 1. The van der Waals surface area contributed by atoms with E-state index in [-0.39, 0.29) is 10.7 Å². The van der Waals surface area contributed by atoms with Crippen LogP contribution < -0.4 is 4.72 Å². The molecule has 2 N–H and O–H groups in total. The zero-order chi connectivity index (χ0) is 15.3. The number of fused-ring (bicyclic) bond motifs is 1. The fourth-order valence-corrected chi connectivity index (χ4v) is 4.23. The van der Waals surface area contributed by atoms with Crippen molar-refractivity contribution in [3.05, 3.63) is 29.8 Å². The number of nitrogens with one attached hydrogen (secondary N) is 1. The van der Waals surface area contributed by atoms with E-state index < -0.39 is 27.4 Å². The number of hydrogen-bond donors (Lipinski definition) is 2. The van der Waals surface area contributed by atoms with Crippen molar-refractivity contribution in [2.24, 2.45) is 10.4 Å². The molecule has 0 amide bonds. The molecule has 1 saturated carbocycles. The molecule has 21 heavy (non-hydrogen) atoms. The van der Waals surface area contributed by atoms with Gasteiger partial charge in [0.25, 0.3) is 10.0 Å². The predicted molar refractivity (Wildman–Crippen MR) is 76.7 cm³/mol. The van der Waals surface area contributed by atoms with Crippen LogP contribution in [0.2, 0.25) is 0 Å². The van der Waals surface area contributed by atoms with E-state index in [2.05, 4.69) is 9.71 Å². The van der Waals surface area contributed by atoms with Gasteiger partial charge in [0.15, 0.2) is 0 Å². The smallest absolute Gasteiger partial charge is 0.311 e. The van der Waals surface area contributed by atoms with Crippen LogP contribution >= 0.6 is 0 Å². The first-order valence-corrected chi connectivity index (χ1v) is 8.26. The summed E-state index contributed by atoms with van der Waals surface area (Å²) in [5.41, 5.74) is -0.423. The molecule has 1 fully saturated rings. The van der Waals surface area contributed by atoms with Crippen molar-refractivity contribution in [1.29, 1.82) is 0 Å². The molecule has 3 rings (SSSR count). The summed E-state index contributed by atoms with van der Waals surface area (Å²) in [5.74, 6) is -0.631. The van der Waals surface area contributed by atoms with Gasteiger partial charge in [-0.1, -0.05) is 18.6 Å². The van der Waals surface area contributed by atoms with E-state index in [4.69, 9.17) is 0 Å². The summed E-state index contributed by atoms with van der Waals surface area (Å²) in [6.07, 6.45) is 1.98. The standard InChI is InChI=1S/C14H16N2O4S/c1-14(13(17)18)8-4-7-11(14)15-12-9-5-2-3-6-10(9)21(19,20)16-12/h2-3,5-6,11H,4,7-8H2,1H3,(H,15,16)(H,17,18). The van der Waals surface area contributed by atoms with Gasteiger partial charge in [0.05, 0.1) is 16.4 Å². The molecule has 1 aromatic rings. The van der Waals surface area contributed by atoms with Gasteiger partial charge in [-0.2, -0.15) is 0 Å². The molecule has 1 aromatic carbocycles. The third kappa shape index (κ3) is 2.12. The Balaban J connectivity index is 2.05. The topological polar surface area (TPSA) is 95.8 Å².